The molecular formula is C13H8F2O. The molecule has 0 saturated carbocycles. The molecule has 0 fully saturated rings. The van der Waals surface area contributed by atoms with Gasteiger partial charge in [0, 0.05) is 5.56 Å². The second-order valence-electron chi connectivity index (χ2n) is 3.31. The first-order chi connectivity index (χ1) is 7.74. The van der Waals surface area contributed by atoms with Gasteiger partial charge in [-0.15, -0.1) is 0 Å². The third-order valence-electron chi connectivity index (χ3n) is 2.33. The Balaban J connectivity index is 2.64. The topological polar surface area (TPSA) is 17.1 Å². The summed E-state index contributed by atoms with van der Waals surface area (Å²) in [4.78, 5) is 10.6. The van der Waals surface area contributed by atoms with Gasteiger partial charge in [-0.1, -0.05) is 30.3 Å². The summed E-state index contributed by atoms with van der Waals surface area (Å²) in [6, 6.07) is 11.1. The van der Waals surface area contributed by atoms with E-state index < -0.39 is 17.2 Å². The molecule has 0 radical (unpaired) electrons. The number of aldehydes is 1. The Morgan fingerprint density at radius 2 is 1.62 bits per heavy atom. The fourth-order valence-electron chi connectivity index (χ4n) is 1.52. The van der Waals surface area contributed by atoms with Crippen molar-refractivity contribution in [2.24, 2.45) is 0 Å². The maximum absolute atomic E-state index is 13.7. The molecular weight excluding hydrogens is 210 g/mol. The van der Waals surface area contributed by atoms with Crippen molar-refractivity contribution in [3.63, 3.8) is 0 Å². The van der Waals surface area contributed by atoms with E-state index in [0.29, 0.717) is 5.56 Å². The van der Waals surface area contributed by atoms with Crippen LogP contribution in [-0.4, -0.2) is 6.29 Å². The van der Waals surface area contributed by atoms with Crippen LogP contribution in [0.2, 0.25) is 0 Å². The first-order valence-corrected chi connectivity index (χ1v) is 4.72. The monoisotopic (exact) mass is 218 g/mol. The van der Waals surface area contributed by atoms with Crippen molar-refractivity contribution in [3.05, 3.63) is 59.7 Å². The largest absolute Gasteiger partial charge is 0.298 e. The van der Waals surface area contributed by atoms with Gasteiger partial charge < -0.3 is 0 Å². The summed E-state index contributed by atoms with van der Waals surface area (Å²) >= 11 is 0. The van der Waals surface area contributed by atoms with Crippen LogP contribution in [0.1, 0.15) is 10.4 Å². The molecule has 0 aliphatic carbocycles. The predicted molar refractivity (Wildman–Crippen MR) is 57.2 cm³/mol. The van der Waals surface area contributed by atoms with Gasteiger partial charge in [0.15, 0.2) is 6.29 Å². The lowest BCUT2D eigenvalue weighted by Gasteiger charge is -2.05. The minimum atomic E-state index is -0.841. The summed E-state index contributed by atoms with van der Waals surface area (Å²) in [5.41, 5.74) is 0.313. The van der Waals surface area contributed by atoms with Crippen LogP contribution in [0.3, 0.4) is 0 Å². The summed E-state index contributed by atoms with van der Waals surface area (Å²) in [5.74, 6) is -1.66. The molecule has 0 amide bonds. The molecule has 80 valence electrons. The van der Waals surface area contributed by atoms with E-state index in [0.717, 1.165) is 6.07 Å². The second-order valence-corrected chi connectivity index (χ2v) is 3.31. The molecule has 16 heavy (non-hydrogen) atoms. The van der Waals surface area contributed by atoms with Gasteiger partial charge in [-0.25, -0.2) is 8.78 Å². The van der Waals surface area contributed by atoms with Crippen LogP contribution in [0.25, 0.3) is 11.1 Å². The molecule has 0 saturated heterocycles. The zero-order valence-electron chi connectivity index (χ0n) is 8.28. The van der Waals surface area contributed by atoms with E-state index in [1.54, 1.807) is 30.3 Å². The highest BCUT2D eigenvalue weighted by atomic mass is 19.1. The number of carbonyl (C=O) groups excluding carboxylic acids is 1. The summed E-state index contributed by atoms with van der Waals surface area (Å²) in [6.45, 7) is 0. The van der Waals surface area contributed by atoms with E-state index in [9.17, 15) is 13.6 Å². The fourth-order valence-corrected chi connectivity index (χ4v) is 1.52. The summed E-state index contributed by atoms with van der Waals surface area (Å²) in [5, 5.41) is 0. The highest BCUT2D eigenvalue weighted by Crippen LogP contribution is 2.25. The van der Waals surface area contributed by atoms with Crippen molar-refractivity contribution < 1.29 is 13.6 Å². The SMILES string of the molecule is O=Cc1c(F)ccc(-c2ccccc2)c1F. The average molecular weight is 218 g/mol. The summed E-state index contributed by atoms with van der Waals surface area (Å²) < 4.78 is 26.8. The van der Waals surface area contributed by atoms with Crippen molar-refractivity contribution >= 4 is 6.29 Å². The van der Waals surface area contributed by atoms with Gasteiger partial charge in [-0.2, -0.15) is 0 Å². The van der Waals surface area contributed by atoms with E-state index >= 15 is 0 Å². The van der Waals surface area contributed by atoms with Gasteiger partial charge in [0.05, 0.1) is 5.56 Å². The first kappa shape index (κ1) is 10.5. The lowest BCUT2D eigenvalue weighted by molar-refractivity contribution is 0.111. The van der Waals surface area contributed by atoms with Gasteiger partial charge in [0.25, 0.3) is 0 Å². The molecule has 0 aliphatic heterocycles. The fraction of sp³-hybridized carbons (Fsp3) is 0. The molecule has 0 atom stereocenters. The third kappa shape index (κ3) is 1.72. The standard InChI is InChI=1S/C13H8F2O/c14-12-7-6-10(13(15)11(12)8-16)9-4-2-1-3-5-9/h1-8H. The summed E-state index contributed by atoms with van der Waals surface area (Å²) in [6.07, 6.45) is 0.192. The van der Waals surface area contributed by atoms with Crippen LogP contribution in [0.4, 0.5) is 8.78 Å². The van der Waals surface area contributed by atoms with Crippen LogP contribution in [0.15, 0.2) is 42.5 Å². The zero-order chi connectivity index (χ0) is 11.5. The van der Waals surface area contributed by atoms with Gasteiger partial charge in [-0.3, -0.25) is 4.79 Å². The molecule has 0 spiro atoms. The molecule has 2 aromatic rings. The average Bonchev–Trinajstić information content (AvgIpc) is 2.31. The zero-order valence-corrected chi connectivity index (χ0v) is 8.28. The smallest absolute Gasteiger partial charge is 0.155 e. The van der Waals surface area contributed by atoms with Gasteiger partial charge in [0.1, 0.15) is 11.6 Å². The van der Waals surface area contributed by atoms with Gasteiger partial charge >= 0.3 is 0 Å². The molecule has 0 N–H and O–H groups in total. The van der Waals surface area contributed by atoms with Crippen LogP contribution in [0, 0.1) is 11.6 Å². The van der Waals surface area contributed by atoms with Crippen molar-refractivity contribution in [3.8, 4) is 11.1 Å². The number of carbonyl (C=O) groups is 1. The Bertz CT molecular complexity index is 521. The molecule has 0 aromatic heterocycles. The molecule has 1 nitrogen and oxygen atoms in total. The number of benzene rings is 2. The Morgan fingerprint density at radius 3 is 2.25 bits per heavy atom. The Kier molecular flexibility index (Phi) is 2.77. The molecule has 2 aromatic carbocycles. The molecule has 0 heterocycles. The van der Waals surface area contributed by atoms with Crippen molar-refractivity contribution in [1.82, 2.24) is 0 Å². The minimum absolute atomic E-state index is 0.192. The van der Waals surface area contributed by atoms with Crippen LogP contribution >= 0.6 is 0 Å². The highest BCUT2D eigenvalue weighted by molar-refractivity contribution is 5.80. The Morgan fingerprint density at radius 1 is 0.938 bits per heavy atom. The quantitative estimate of drug-likeness (QED) is 0.705. The van der Waals surface area contributed by atoms with E-state index in [1.165, 1.54) is 6.07 Å². The summed E-state index contributed by atoms with van der Waals surface area (Å²) in [7, 11) is 0. The number of hydrogen-bond donors (Lipinski definition) is 0. The molecule has 0 unspecified atom stereocenters. The normalized spacial score (nSPS) is 10.1. The van der Waals surface area contributed by atoms with Crippen LogP contribution < -0.4 is 0 Å². The maximum atomic E-state index is 13.7. The van der Waals surface area contributed by atoms with Crippen molar-refractivity contribution in [2.75, 3.05) is 0 Å². The van der Waals surface area contributed by atoms with Crippen LogP contribution in [0.5, 0.6) is 0 Å². The lowest BCUT2D eigenvalue weighted by atomic mass is 10.0. The van der Waals surface area contributed by atoms with Gasteiger partial charge in [0.2, 0.25) is 0 Å². The van der Waals surface area contributed by atoms with Gasteiger partial charge in [-0.05, 0) is 17.7 Å². The first-order valence-electron chi connectivity index (χ1n) is 4.72. The van der Waals surface area contributed by atoms with E-state index in [2.05, 4.69) is 0 Å². The van der Waals surface area contributed by atoms with Crippen LogP contribution in [-0.2, 0) is 0 Å². The third-order valence-corrected chi connectivity index (χ3v) is 2.33. The molecule has 0 bridgehead atoms. The molecule has 0 aliphatic rings. The van der Waals surface area contributed by atoms with E-state index in [4.69, 9.17) is 0 Å². The lowest BCUT2D eigenvalue weighted by Crippen LogP contribution is -1.96. The Labute approximate surface area is 91.3 Å². The van der Waals surface area contributed by atoms with E-state index in [-0.39, 0.29) is 11.8 Å². The number of rotatable bonds is 2. The molecule has 3 heteroatoms. The second kappa shape index (κ2) is 4.23. The van der Waals surface area contributed by atoms with E-state index in [1.807, 2.05) is 0 Å². The van der Waals surface area contributed by atoms with Crippen molar-refractivity contribution in [1.29, 1.82) is 0 Å². The minimum Gasteiger partial charge on any atom is -0.298 e. The highest BCUT2D eigenvalue weighted by Gasteiger charge is 2.13. The number of hydrogen-bond acceptors (Lipinski definition) is 1. The maximum Gasteiger partial charge on any atom is 0.155 e. The number of halogens is 2. The Hall–Kier alpha value is -2.03. The molecule has 2 rings (SSSR count). The van der Waals surface area contributed by atoms with Crippen molar-refractivity contribution in [2.45, 2.75) is 0 Å². The predicted octanol–water partition coefficient (Wildman–Crippen LogP) is 3.44.